The Morgan fingerprint density at radius 2 is 1.84 bits per heavy atom. The Bertz CT molecular complexity index is 1420. The Hall–Kier alpha value is -3.05. The first-order valence-electron chi connectivity index (χ1n) is 10.7. The van der Waals surface area contributed by atoms with Crippen LogP contribution in [0.15, 0.2) is 71.3 Å². The van der Waals surface area contributed by atoms with Crippen LogP contribution in [0, 0.1) is 0 Å². The van der Waals surface area contributed by atoms with Crippen LogP contribution in [0.1, 0.15) is 36.9 Å². The highest BCUT2D eigenvalue weighted by atomic mass is 79.9. The summed E-state index contributed by atoms with van der Waals surface area (Å²) in [5.41, 5.74) is 7.41. The molecule has 0 radical (unpaired) electrons. The maximum atomic E-state index is 5.23. The van der Waals surface area contributed by atoms with E-state index < -0.39 is 0 Å². The number of nitrogens with zero attached hydrogens (tertiary/aromatic N) is 4. The number of benzene rings is 2. The van der Waals surface area contributed by atoms with Crippen molar-refractivity contribution >= 4 is 37.9 Å². The zero-order valence-corrected chi connectivity index (χ0v) is 18.8. The Labute approximate surface area is 189 Å². The van der Waals surface area contributed by atoms with Crippen LogP contribution in [0.2, 0.25) is 0 Å². The monoisotopic (exact) mass is 468 g/mol. The highest BCUT2D eigenvalue weighted by Gasteiger charge is 2.23. The van der Waals surface area contributed by atoms with Crippen LogP contribution in [-0.2, 0) is 6.42 Å². The van der Waals surface area contributed by atoms with E-state index in [0.717, 1.165) is 49.8 Å². The molecule has 0 saturated heterocycles. The van der Waals surface area contributed by atoms with Crippen molar-refractivity contribution in [2.75, 3.05) is 0 Å². The van der Waals surface area contributed by atoms with Crippen LogP contribution in [0.5, 0.6) is 0 Å². The normalized spacial score (nSPS) is 16.0. The number of aromatic nitrogens is 4. The van der Waals surface area contributed by atoms with Gasteiger partial charge in [0.25, 0.3) is 0 Å². The molecule has 4 nitrogen and oxygen atoms in total. The Morgan fingerprint density at radius 3 is 2.65 bits per heavy atom. The van der Waals surface area contributed by atoms with E-state index in [2.05, 4.69) is 65.3 Å². The molecule has 0 fully saturated rings. The highest BCUT2D eigenvalue weighted by Crippen LogP contribution is 2.37. The van der Waals surface area contributed by atoms with E-state index in [0.29, 0.717) is 5.92 Å². The van der Waals surface area contributed by atoms with Gasteiger partial charge in [0.2, 0.25) is 0 Å². The minimum Gasteiger partial charge on any atom is -0.251 e. The molecule has 152 valence electrons. The SMILES string of the molecule is CC1CCCc2cc3cnc4c(c(-c5ccc(Br)cc5)nn4-c4ccccc4)c3nc21. The molecule has 3 heterocycles. The van der Waals surface area contributed by atoms with Gasteiger partial charge in [-0.2, -0.15) is 5.10 Å². The number of halogens is 1. The van der Waals surface area contributed by atoms with Crippen LogP contribution < -0.4 is 0 Å². The van der Waals surface area contributed by atoms with Crippen molar-refractivity contribution in [2.45, 2.75) is 32.1 Å². The lowest BCUT2D eigenvalue weighted by atomic mass is 9.87. The summed E-state index contributed by atoms with van der Waals surface area (Å²) >= 11 is 3.55. The fraction of sp³-hybridized carbons (Fsp3) is 0.192. The van der Waals surface area contributed by atoms with Gasteiger partial charge in [-0.25, -0.2) is 9.67 Å². The van der Waals surface area contributed by atoms with Gasteiger partial charge in [0, 0.05) is 27.3 Å². The second-order valence-corrected chi connectivity index (χ2v) is 9.24. The third kappa shape index (κ3) is 3.07. The Morgan fingerprint density at radius 1 is 1.03 bits per heavy atom. The molecule has 5 heteroatoms. The predicted octanol–water partition coefficient (Wildman–Crippen LogP) is 6.84. The molecule has 2 aromatic carbocycles. The average Bonchev–Trinajstić information content (AvgIpc) is 3.19. The molecule has 1 aliphatic rings. The maximum absolute atomic E-state index is 5.23. The first-order chi connectivity index (χ1) is 15.2. The molecule has 5 aromatic rings. The number of para-hydroxylation sites is 1. The van der Waals surface area contributed by atoms with Crippen LogP contribution in [-0.4, -0.2) is 19.7 Å². The molecular weight excluding hydrogens is 448 g/mol. The molecular formula is C26H21BrN4. The summed E-state index contributed by atoms with van der Waals surface area (Å²) in [6, 6.07) is 20.8. The molecule has 0 spiro atoms. The minimum absolute atomic E-state index is 0.483. The molecule has 0 saturated carbocycles. The van der Waals surface area contributed by atoms with Gasteiger partial charge in [-0.3, -0.25) is 4.98 Å². The maximum Gasteiger partial charge on any atom is 0.165 e. The van der Waals surface area contributed by atoms with E-state index in [9.17, 15) is 0 Å². The van der Waals surface area contributed by atoms with Crippen LogP contribution >= 0.6 is 15.9 Å². The van der Waals surface area contributed by atoms with Crippen LogP contribution in [0.4, 0.5) is 0 Å². The molecule has 31 heavy (non-hydrogen) atoms. The minimum atomic E-state index is 0.483. The van der Waals surface area contributed by atoms with Crippen molar-refractivity contribution in [3.63, 3.8) is 0 Å². The molecule has 1 unspecified atom stereocenters. The van der Waals surface area contributed by atoms with E-state index in [1.165, 1.54) is 24.1 Å². The van der Waals surface area contributed by atoms with Gasteiger partial charge in [-0.05, 0) is 61.1 Å². The van der Waals surface area contributed by atoms with Gasteiger partial charge in [0.1, 0.15) is 5.69 Å². The summed E-state index contributed by atoms with van der Waals surface area (Å²) in [7, 11) is 0. The molecule has 6 rings (SSSR count). The summed E-state index contributed by atoms with van der Waals surface area (Å²) in [6.07, 6.45) is 5.48. The van der Waals surface area contributed by atoms with Gasteiger partial charge >= 0.3 is 0 Å². The molecule has 0 aliphatic heterocycles. The Kier molecular flexibility index (Phi) is 4.39. The summed E-state index contributed by atoms with van der Waals surface area (Å²) in [6.45, 7) is 2.29. The first kappa shape index (κ1) is 18.7. The zero-order chi connectivity index (χ0) is 20.9. The quantitative estimate of drug-likeness (QED) is 0.284. The summed E-state index contributed by atoms with van der Waals surface area (Å²) in [5, 5.41) is 7.15. The first-order valence-corrected chi connectivity index (χ1v) is 11.5. The molecule has 0 N–H and O–H groups in total. The lowest BCUT2D eigenvalue weighted by molar-refractivity contribution is 0.576. The van der Waals surface area contributed by atoms with E-state index in [1.54, 1.807) is 0 Å². The number of hydrogen-bond acceptors (Lipinski definition) is 3. The average molecular weight is 469 g/mol. The smallest absolute Gasteiger partial charge is 0.165 e. The highest BCUT2D eigenvalue weighted by molar-refractivity contribution is 9.10. The zero-order valence-electron chi connectivity index (χ0n) is 17.2. The standard InChI is InChI=1S/C26H21BrN4/c1-16-6-5-7-18-14-19-15-28-26-22(24(19)29-23(16)18)25(17-10-12-20(27)13-11-17)30-31(26)21-8-3-2-4-9-21/h2-4,8-16H,5-7H2,1H3. The van der Waals surface area contributed by atoms with Crippen LogP contribution in [0.25, 0.3) is 38.9 Å². The second-order valence-electron chi connectivity index (χ2n) is 8.32. The number of rotatable bonds is 2. The van der Waals surface area contributed by atoms with Crippen molar-refractivity contribution in [3.8, 4) is 16.9 Å². The van der Waals surface area contributed by atoms with Crippen molar-refractivity contribution in [1.29, 1.82) is 0 Å². The molecule has 0 amide bonds. The van der Waals surface area contributed by atoms with Gasteiger partial charge in [0.05, 0.1) is 16.6 Å². The fourth-order valence-corrected chi connectivity index (χ4v) is 4.95. The molecule has 1 aliphatic carbocycles. The number of aryl methyl sites for hydroxylation is 1. The molecule has 3 aromatic heterocycles. The second kappa shape index (κ2) is 7.27. The summed E-state index contributed by atoms with van der Waals surface area (Å²) < 4.78 is 2.99. The van der Waals surface area contributed by atoms with Gasteiger partial charge in [0.15, 0.2) is 5.65 Å². The Balaban J connectivity index is 1.72. The number of hydrogen-bond donors (Lipinski definition) is 0. The van der Waals surface area contributed by atoms with Crippen LogP contribution in [0.3, 0.4) is 0 Å². The summed E-state index contributed by atoms with van der Waals surface area (Å²) in [5.74, 6) is 0.483. The third-order valence-corrected chi connectivity index (χ3v) is 6.79. The van der Waals surface area contributed by atoms with Gasteiger partial charge in [-0.1, -0.05) is 53.2 Å². The lowest BCUT2D eigenvalue weighted by Gasteiger charge is -2.21. The third-order valence-electron chi connectivity index (χ3n) is 6.26. The van der Waals surface area contributed by atoms with Crippen molar-refractivity contribution in [2.24, 2.45) is 0 Å². The van der Waals surface area contributed by atoms with Crippen molar-refractivity contribution in [3.05, 3.63) is 82.6 Å². The van der Waals surface area contributed by atoms with Gasteiger partial charge in [-0.15, -0.1) is 0 Å². The molecule has 0 bridgehead atoms. The summed E-state index contributed by atoms with van der Waals surface area (Å²) in [4.78, 5) is 10.1. The van der Waals surface area contributed by atoms with E-state index in [-0.39, 0.29) is 0 Å². The lowest BCUT2D eigenvalue weighted by Crippen LogP contribution is -2.09. The molecule has 1 atom stereocenters. The number of pyridine rings is 2. The predicted molar refractivity (Wildman–Crippen MR) is 129 cm³/mol. The largest absolute Gasteiger partial charge is 0.251 e. The van der Waals surface area contributed by atoms with Crippen molar-refractivity contribution < 1.29 is 0 Å². The van der Waals surface area contributed by atoms with Crippen molar-refractivity contribution in [1.82, 2.24) is 19.7 Å². The van der Waals surface area contributed by atoms with Gasteiger partial charge < -0.3 is 0 Å². The van der Waals surface area contributed by atoms with E-state index in [1.807, 2.05) is 29.1 Å². The van der Waals surface area contributed by atoms with E-state index in [4.69, 9.17) is 15.1 Å². The van der Waals surface area contributed by atoms with E-state index >= 15 is 0 Å². The number of fused-ring (bicyclic) bond motifs is 4. The topological polar surface area (TPSA) is 43.6 Å². The fourth-order valence-electron chi connectivity index (χ4n) is 4.68.